The van der Waals surface area contributed by atoms with Crippen molar-refractivity contribution < 1.29 is 14.3 Å². The molecule has 1 saturated heterocycles. The van der Waals surface area contributed by atoms with Crippen LogP contribution in [0.25, 0.3) is 0 Å². The SMILES string of the molecule is COc1cccc(N2C[C@@H](Cc3ccccc3)N(CC(N)=O)CC2=O)c1. The first-order valence-electron chi connectivity index (χ1n) is 8.57. The number of rotatable bonds is 6. The van der Waals surface area contributed by atoms with Crippen molar-refractivity contribution in [2.24, 2.45) is 5.73 Å². The second-order valence-electron chi connectivity index (χ2n) is 6.42. The van der Waals surface area contributed by atoms with Crippen LogP contribution in [-0.2, 0) is 16.0 Å². The van der Waals surface area contributed by atoms with E-state index in [9.17, 15) is 9.59 Å². The van der Waals surface area contributed by atoms with E-state index in [0.29, 0.717) is 12.3 Å². The number of hydrogen-bond donors (Lipinski definition) is 1. The van der Waals surface area contributed by atoms with Gasteiger partial charge in [0, 0.05) is 24.3 Å². The van der Waals surface area contributed by atoms with Crippen LogP contribution in [0, 0.1) is 0 Å². The molecule has 0 saturated carbocycles. The molecule has 1 aliphatic heterocycles. The van der Waals surface area contributed by atoms with Crippen LogP contribution in [0.1, 0.15) is 5.56 Å². The van der Waals surface area contributed by atoms with Gasteiger partial charge in [0.2, 0.25) is 11.8 Å². The Balaban J connectivity index is 1.84. The molecule has 1 atom stereocenters. The summed E-state index contributed by atoms with van der Waals surface area (Å²) < 4.78 is 5.27. The van der Waals surface area contributed by atoms with Gasteiger partial charge in [-0.05, 0) is 24.1 Å². The molecule has 0 spiro atoms. The molecule has 2 aromatic carbocycles. The highest BCUT2D eigenvalue weighted by Gasteiger charge is 2.33. The summed E-state index contributed by atoms with van der Waals surface area (Å²) in [5, 5.41) is 0. The quantitative estimate of drug-likeness (QED) is 0.853. The summed E-state index contributed by atoms with van der Waals surface area (Å²) in [5.41, 5.74) is 7.34. The molecule has 0 unspecified atom stereocenters. The van der Waals surface area contributed by atoms with Crippen molar-refractivity contribution in [3.05, 3.63) is 60.2 Å². The maximum absolute atomic E-state index is 12.7. The molecule has 1 heterocycles. The van der Waals surface area contributed by atoms with Gasteiger partial charge in [0.1, 0.15) is 5.75 Å². The number of primary amides is 1. The van der Waals surface area contributed by atoms with E-state index in [1.54, 1.807) is 12.0 Å². The predicted octanol–water partition coefficient (Wildman–Crippen LogP) is 1.44. The molecule has 26 heavy (non-hydrogen) atoms. The summed E-state index contributed by atoms with van der Waals surface area (Å²) in [6.07, 6.45) is 0.738. The zero-order chi connectivity index (χ0) is 18.5. The van der Waals surface area contributed by atoms with Crippen molar-refractivity contribution >= 4 is 17.5 Å². The van der Waals surface area contributed by atoms with Crippen molar-refractivity contribution in [1.29, 1.82) is 0 Å². The Hall–Kier alpha value is -2.86. The molecule has 0 aromatic heterocycles. The molecule has 2 aromatic rings. The first-order valence-corrected chi connectivity index (χ1v) is 8.57. The molecular weight excluding hydrogens is 330 g/mol. The van der Waals surface area contributed by atoms with Gasteiger partial charge in [-0.1, -0.05) is 36.4 Å². The smallest absolute Gasteiger partial charge is 0.241 e. The number of nitrogens with two attached hydrogens (primary N) is 1. The number of carbonyl (C=O) groups excluding carboxylic acids is 2. The molecule has 2 N–H and O–H groups in total. The van der Waals surface area contributed by atoms with E-state index in [-0.39, 0.29) is 25.0 Å². The van der Waals surface area contributed by atoms with Crippen molar-refractivity contribution in [3.8, 4) is 5.75 Å². The Morgan fingerprint density at radius 3 is 2.65 bits per heavy atom. The number of benzene rings is 2. The number of anilines is 1. The van der Waals surface area contributed by atoms with Crippen LogP contribution >= 0.6 is 0 Å². The van der Waals surface area contributed by atoms with Gasteiger partial charge >= 0.3 is 0 Å². The van der Waals surface area contributed by atoms with Gasteiger partial charge in [-0.15, -0.1) is 0 Å². The van der Waals surface area contributed by atoms with E-state index in [2.05, 4.69) is 12.1 Å². The summed E-state index contributed by atoms with van der Waals surface area (Å²) in [6.45, 7) is 0.737. The molecule has 2 amide bonds. The van der Waals surface area contributed by atoms with Crippen LogP contribution < -0.4 is 15.4 Å². The largest absolute Gasteiger partial charge is 0.497 e. The molecule has 3 rings (SSSR count). The molecule has 0 radical (unpaired) electrons. The number of hydrogen-bond acceptors (Lipinski definition) is 4. The van der Waals surface area contributed by atoms with E-state index >= 15 is 0 Å². The third-order valence-corrected chi connectivity index (χ3v) is 4.59. The van der Waals surface area contributed by atoms with E-state index in [4.69, 9.17) is 10.5 Å². The van der Waals surface area contributed by atoms with E-state index in [1.807, 2.05) is 47.4 Å². The minimum Gasteiger partial charge on any atom is -0.497 e. The van der Waals surface area contributed by atoms with Crippen LogP contribution in [0.5, 0.6) is 5.75 Å². The molecular formula is C20H23N3O3. The highest BCUT2D eigenvalue weighted by molar-refractivity contribution is 5.96. The van der Waals surface area contributed by atoms with Gasteiger partial charge in [0.15, 0.2) is 0 Å². The molecule has 0 aliphatic carbocycles. The fourth-order valence-electron chi connectivity index (χ4n) is 3.31. The second-order valence-corrected chi connectivity index (χ2v) is 6.42. The lowest BCUT2D eigenvalue weighted by atomic mass is 10.0. The maximum atomic E-state index is 12.7. The first kappa shape index (κ1) is 17.9. The van der Waals surface area contributed by atoms with Gasteiger partial charge in [-0.3, -0.25) is 14.5 Å². The van der Waals surface area contributed by atoms with Crippen molar-refractivity contribution in [2.45, 2.75) is 12.5 Å². The van der Waals surface area contributed by atoms with Crippen molar-refractivity contribution in [1.82, 2.24) is 4.90 Å². The number of methoxy groups -OCH3 is 1. The summed E-state index contributed by atoms with van der Waals surface area (Å²) in [6, 6.07) is 17.5. The Kier molecular flexibility index (Phi) is 5.53. The molecule has 0 bridgehead atoms. The summed E-state index contributed by atoms with van der Waals surface area (Å²) >= 11 is 0. The minimum atomic E-state index is -0.425. The Bertz CT molecular complexity index is 779. The van der Waals surface area contributed by atoms with Gasteiger partial charge < -0.3 is 15.4 Å². The van der Waals surface area contributed by atoms with Gasteiger partial charge in [0.25, 0.3) is 0 Å². The van der Waals surface area contributed by atoms with Crippen LogP contribution in [0.4, 0.5) is 5.69 Å². The van der Waals surface area contributed by atoms with Gasteiger partial charge in [0.05, 0.1) is 20.2 Å². The predicted molar refractivity (Wildman–Crippen MR) is 100 cm³/mol. The van der Waals surface area contributed by atoms with Crippen LogP contribution in [0.2, 0.25) is 0 Å². The summed E-state index contributed by atoms with van der Waals surface area (Å²) in [4.78, 5) is 27.7. The first-order chi connectivity index (χ1) is 12.6. The molecule has 6 heteroatoms. The summed E-state index contributed by atoms with van der Waals surface area (Å²) in [7, 11) is 1.60. The highest BCUT2D eigenvalue weighted by Crippen LogP contribution is 2.25. The van der Waals surface area contributed by atoms with Crippen LogP contribution in [-0.4, -0.2) is 49.5 Å². The number of piperazine rings is 1. The monoisotopic (exact) mass is 353 g/mol. The lowest BCUT2D eigenvalue weighted by Crippen LogP contribution is -2.58. The maximum Gasteiger partial charge on any atom is 0.241 e. The topological polar surface area (TPSA) is 75.9 Å². The van der Waals surface area contributed by atoms with Crippen LogP contribution in [0.15, 0.2) is 54.6 Å². The van der Waals surface area contributed by atoms with Gasteiger partial charge in [-0.25, -0.2) is 0 Å². The van der Waals surface area contributed by atoms with Crippen molar-refractivity contribution in [2.75, 3.05) is 31.6 Å². The average Bonchev–Trinajstić information content (AvgIpc) is 2.64. The number of ether oxygens (including phenoxy) is 1. The normalized spacial score (nSPS) is 18.0. The Morgan fingerprint density at radius 1 is 1.19 bits per heavy atom. The van der Waals surface area contributed by atoms with E-state index in [1.165, 1.54) is 0 Å². The third kappa shape index (κ3) is 4.21. The van der Waals surface area contributed by atoms with Gasteiger partial charge in [-0.2, -0.15) is 0 Å². The Morgan fingerprint density at radius 2 is 1.96 bits per heavy atom. The second kappa shape index (κ2) is 8.01. The lowest BCUT2D eigenvalue weighted by Gasteiger charge is -2.40. The average molecular weight is 353 g/mol. The number of carbonyl (C=O) groups is 2. The fourth-order valence-corrected chi connectivity index (χ4v) is 3.31. The lowest BCUT2D eigenvalue weighted by molar-refractivity contribution is -0.125. The fraction of sp³-hybridized carbons (Fsp3) is 0.300. The summed E-state index contributed by atoms with van der Waals surface area (Å²) in [5.74, 6) is 0.226. The molecule has 1 fully saturated rings. The van der Waals surface area contributed by atoms with Crippen LogP contribution in [0.3, 0.4) is 0 Å². The van der Waals surface area contributed by atoms with E-state index < -0.39 is 5.91 Å². The van der Waals surface area contributed by atoms with Crippen molar-refractivity contribution in [3.63, 3.8) is 0 Å². The van der Waals surface area contributed by atoms with E-state index in [0.717, 1.165) is 17.7 Å². The minimum absolute atomic E-state index is 0.00815. The third-order valence-electron chi connectivity index (χ3n) is 4.59. The molecule has 1 aliphatic rings. The molecule has 6 nitrogen and oxygen atoms in total. The zero-order valence-electron chi connectivity index (χ0n) is 14.8. The standard InChI is InChI=1S/C20H23N3O3/c1-26-18-9-5-8-16(11-18)23-12-17(10-15-6-3-2-4-7-15)22(13-19(21)24)14-20(23)25/h2-9,11,17H,10,12-14H2,1H3,(H2,21,24)/t17-/m1/s1. The molecule has 136 valence electrons. The Labute approximate surface area is 153 Å². The number of amides is 2. The number of nitrogens with zero attached hydrogens (tertiary/aromatic N) is 2. The zero-order valence-corrected chi connectivity index (χ0v) is 14.8. The highest BCUT2D eigenvalue weighted by atomic mass is 16.5.